The molecule has 1 saturated carbocycles. The van der Waals surface area contributed by atoms with E-state index in [0.29, 0.717) is 22.8 Å². The molecule has 0 radical (unpaired) electrons. The smallest absolute Gasteiger partial charge is 0.338 e. The summed E-state index contributed by atoms with van der Waals surface area (Å²) in [6.07, 6.45) is 2.15. The predicted molar refractivity (Wildman–Crippen MR) is 114 cm³/mol. The molecule has 3 heterocycles. The highest BCUT2D eigenvalue weighted by Gasteiger charge is 2.33. The van der Waals surface area contributed by atoms with Crippen LogP contribution in [0.15, 0.2) is 36.4 Å². The Balaban J connectivity index is 1.88. The van der Waals surface area contributed by atoms with Crippen LogP contribution in [0.4, 0.5) is 0 Å². The van der Waals surface area contributed by atoms with Gasteiger partial charge in [0.15, 0.2) is 5.65 Å². The van der Waals surface area contributed by atoms with Crippen molar-refractivity contribution in [2.24, 2.45) is 7.05 Å². The van der Waals surface area contributed by atoms with E-state index in [-0.39, 0.29) is 5.97 Å². The molecule has 0 amide bonds. The van der Waals surface area contributed by atoms with Gasteiger partial charge in [-0.3, -0.25) is 4.68 Å². The van der Waals surface area contributed by atoms with E-state index < -0.39 is 0 Å². The van der Waals surface area contributed by atoms with Crippen LogP contribution in [0.3, 0.4) is 0 Å². The number of carbonyl (C=O) groups is 1. The van der Waals surface area contributed by atoms with Crippen molar-refractivity contribution in [2.45, 2.75) is 32.6 Å². The summed E-state index contributed by atoms with van der Waals surface area (Å²) in [5, 5.41) is 10.2. The van der Waals surface area contributed by atoms with E-state index in [0.717, 1.165) is 46.6 Å². The van der Waals surface area contributed by atoms with Crippen LogP contribution in [-0.2, 0) is 11.8 Å². The Hall–Kier alpha value is -3.48. The van der Waals surface area contributed by atoms with Gasteiger partial charge in [0.25, 0.3) is 0 Å². The fourth-order valence-corrected chi connectivity index (χ4v) is 4.08. The lowest BCUT2D eigenvalue weighted by Crippen LogP contribution is -2.05. The number of aromatic nitrogens is 5. The van der Waals surface area contributed by atoms with Gasteiger partial charge in [0.1, 0.15) is 0 Å². The molecule has 5 rings (SSSR count). The van der Waals surface area contributed by atoms with Crippen molar-refractivity contribution in [3.63, 3.8) is 0 Å². The molecular weight excluding hydrogens is 378 g/mol. The molecule has 4 aromatic rings. The molecular formula is C23H23N5O2. The van der Waals surface area contributed by atoms with E-state index in [2.05, 4.69) is 5.10 Å². The first-order valence-electron chi connectivity index (χ1n) is 10.1. The molecule has 1 aliphatic rings. The minimum absolute atomic E-state index is 0.357. The molecule has 0 atom stereocenters. The van der Waals surface area contributed by atoms with Gasteiger partial charge in [-0.1, -0.05) is 18.2 Å². The number of fused-ring (bicyclic) bond motifs is 1. The third-order valence-electron chi connectivity index (χ3n) is 5.80. The SMILES string of the molecule is COC(=O)c1cc(-c2c(C)nn(C)c2C)nc2c1c(C1CC1)nn2-c1ccccc1. The number of pyridine rings is 1. The van der Waals surface area contributed by atoms with Crippen molar-refractivity contribution < 1.29 is 9.53 Å². The van der Waals surface area contributed by atoms with Crippen LogP contribution in [-0.4, -0.2) is 37.6 Å². The molecule has 7 heteroatoms. The molecule has 152 valence electrons. The summed E-state index contributed by atoms with van der Waals surface area (Å²) in [4.78, 5) is 17.8. The second kappa shape index (κ2) is 6.79. The van der Waals surface area contributed by atoms with E-state index in [1.54, 1.807) is 0 Å². The zero-order valence-corrected chi connectivity index (χ0v) is 17.5. The molecule has 0 N–H and O–H groups in total. The Morgan fingerprint density at radius 2 is 1.87 bits per heavy atom. The number of methoxy groups -OCH3 is 1. The number of hydrogen-bond acceptors (Lipinski definition) is 5. The molecule has 0 saturated heterocycles. The maximum Gasteiger partial charge on any atom is 0.338 e. The van der Waals surface area contributed by atoms with Gasteiger partial charge in [-0.2, -0.15) is 10.2 Å². The lowest BCUT2D eigenvalue weighted by atomic mass is 10.0. The highest BCUT2D eigenvalue weighted by Crippen LogP contribution is 2.44. The third-order valence-corrected chi connectivity index (χ3v) is 5.80. The number of carbonyl (C=O) groups excluding carboxylic acids is 1. The van der Waals surface area contributed by atoms with Crippen molar-refractivity contribution in [1.29, 1.82) is 0 Å². The number of ether oxygens (including phenoxy) is 1. The first kappa shape index (κ1) is 18.5. The Morgan fingerprint density at radius 1 is 1.13 bits per heavy atom. The Bertz CT molecular complexity index is 1280. The van der Waals surface area contributed by atoms with Gasteiger partial charge in [0.2, 0.25) is 0 Å². The van der Waals surface area contributed by atoms with E-state index in [1.165, 1.54) is 7.11 Å². The predicted octanol–water partition coefficient (Wildman–Crippen LogP) is 4.10. The zero-order chi connectivity index (χ0) is 21.0. The molecule has 1 aliphatic carbocycles. The molecule has 7 nitrogen and oxygen atoms in total. The summed E-state index contributed by atoms with van der Waals surface area (Å²) >= 11 is 0. The van der Waals surface area contributed by atoms with E-state index in [9.17, 15) is 4.79 Å². The first-order valence-corrected chi connectivity index (χ1v) is 10.1. The second-order valence-electron chi connectivity index (χ2n) is 7.82. The molecule has 0 bridgehead atoms. The molecule has 0 aliphatic heterocycles. The van der Waals surface area contributed by atoms with E-state index in [1.807, 2.05) is 66.7 Å². The summed E-state index contributed by atoms with van der Waals surface area (Å²) in [6, 6.07) is 11.7. The molecule has 0 unspecified atom stereocenters. The monoisotopic (exact) mass is 401 g/mol. The normalized spacial score (nSPS) is 13.7. The summed E-state index contributed by atoms with van der Waals surface area (Å²) in [6.45, 7) is 3.96. The summed E-state index contributed by atoms with van der Waals surface area (Å²) in [5.41, 5.74) is 6.49. The van der Waals surface area contributed by atoms with Gasteiger partial charge >= 0.3 is 5.97 Å². The zero-order valence-electron chi connectivity index (χ0n) is 17.5. The van der Waals surface area contributed by atoms with Gasteiger partial charge < -0.3 is 4.74 Å². The highest BCUT2D eigenvalue weighted by atomic mass is 16.5. The number of rotatable bonds is 4. The number of aryl methyl sites for hydroxylation is 2. The van der Waals surface area contributed by atoms with Gasteiger partial charge in [0, 0.05) is 24.2 Å². The molecule has 0 spiro atoms. The van der Waals surface area contributed by atoms with E-state index in [4.69, 9.17) is 14.8 Å². The number of benzene rings is 1. The van der Waals surface area contributed by atoms with Crippen molar-refractivity contribution in [3.05, 3.63) is 59.0 Å². The minimum Gasteiger partial charge on any atom is -0.465 e. The maximum absolute atomic E-state index is 12.8. The lowest BCUT2D eigenvalue weighted by molar-refractivity contribution is 0.0603. The number of hydrogen-bond donors (Lipinski definition) is 0. The lowest BCUT2D eigenvalue weighted by Gasteiger charge is -2.09. The van der Waals surface area contributed by atoms with Crippen molar-refractivity contribution in [3.8, 4) is 16.9 Å². The van der Waals surface area contributed by atoms with Gasteiger partial charge in [-0.25, -0.2) is 14.5 Å². The van der Waals surface area contributed by atoms with Gasteiger partial charge in [-0.05, 0) is 44.9 Å². The highest BCUT2D eigenvalue weighted by molar-refractivity contribution is 6.05. The fraction of sp³-hybridized carbons (Fsp3) is 0.304. The maximum atomic E-state index is 12.8. The molecule has 3 aromatic heterocycles. The van der Waals surface area contributed by atoms with Crippen LogP contribution >= 0.6 is 0 Å². The topological polar surface area (TPSA) is 74.8 Å². The number of esters is 1. The second-order valence-corrected chi connectivity index (χ2v) is 7.82. The summed E-state index contributed by atoms with van der Waals surface area (Å²) < 4.78 is 8.83. The third kappa shape index (κ3) is 2.81. The Morgan fingerprint density at radius 3 is 2.47 bits per heavy atom. The van der Waals surface area contributed by atoms with Gasteiger partial charge in [-0.15, -0.1) is 0 Å². The van der Waals surface area contributed by atoms with Crippen LogP contribution in [0.25, 0.3) is 28.0 Å². The Kier molecular flexibility index (Phi) is 4.20. The average molecular weight is 401 g/mol. The van der Waals surface area contributed by atoms with Crippen LogP contribution < -0.4 is 0 Å². The van der Waals surface area contributed by atoms with Crippen LogP contribution in [0, 0.1) is 13.8 Å². The average Bonchev–Trinajstić information content (AvgIpc) is 3.48. The standard InChI is InChI=1S/C23H23N5O2/c1-13-19(14(2)27(3)25-13)18-12-17(23(29)30-4)20-21(15-10-11-15)26-28(22(20)24-18)16-8-6-5-7-9-16/h5-9,12,15H,10-11H2,1-4H3. The molecule has 1 fully saturated rings. The fourth-order valence-electron chi connectivity index (χ4n) is 4.08. The van der Waals surface area contributed by atoms with Crippen LogP contribution in [0.1, 0.15) is 46.2 Å². The number of nitrogens with zero attached hydrogens (tertiary/aromatic N) is 5. The Labute approximate surface area is 174 Å². The quantitative estimate of drug-likeness (QED) is 0.481. The van der Waals surface area contributed by atoms with Crippen LogP contribution in [0.2, 0.25) is 0 Å². The van der Waals surface area contributed by atoms with E-state index >= 15 is 0 Å². The summed E-state index contributed by atoms with van der Waals surface area (Å²) in [7, 11) is 3.32. The molecule has 30 heavy (non-hydrogen) atoms. The summed E-state index contributed by atoms with van der Waals surface area (Å²) in [5.74, 6) is -0.0206. The van der Waals surface area contributed by atoms with Crippen LogP contribution in [0.5, 0.6) is 0 Å². The largest absolute Gasteiger partial charge is 0.465 e. The van der Waals surface area contributed by atoms with Gasteiger partial charge in [0.05, 0.1) is 40.8 Å². The van der Waals surface area contributed by atoms with Crippen molar-refractivity contribution >= 4 is 17.0 Å². The molecule has 1 aromatic carbocycles. The first-order chi connectivity index (χ1) is 14.5. The minimum atomic E-state index is -0.377. The van der Waals surface area contributed by atoms with Crippen molar-refractivity contribution in [1.82, 2.24) is 24.5 Å². The number of para-hydroxylation sites is 1. The van der Waals surface area contributed by atoms with Crippen molar-refractivity contribution in [2.75, 3.05) is 7.11 Å².